The van der Waals surface area contributed by atoms with Crippen LogP contribution in [0.2, 0.25) is 0 Å². The summed E-state index contributed by atoms with van der Waals surface area (Å²) in [5.74, 6) is -1.28. The summed E-state index contributed by atoms with van der Waals surface area (Å²) in [5, 5.41) is 12.1. The highest BCUT2D eigenvalue weighted by Crippen LogP contribution is 2.42. The molecular weight excluding hydrogens is 452 g/mol. The third kappa shape index (κ3) is 4.17. The summed E-state index contributed by atoms with van der Waals surface area (Å²) < 4.78 is 5.63. The van der Waals surface area contributed by atoms with Crippen LogP contribution in [0, 0.1) is 11.8 Å². The highest BCUT2D eigenvalue weighted by atomic mass is 16.5. The number of para-hydroxylation sites is 2. The summed E-state index contributed by atoms with van der Waals surface area (Å²) in [6, 6.07) is 26.4. The van der Waals surface area contributed by atoms with Gasteiger partial charge in [0, 0.05) is 17.3 Å². The highest BCUT2D eigenvalue weighted by Gasteiger charge is 2.50. The minimum absolute atomic E-state index is 0.156. The van der Waals surface area contributed by atoms with E-state index in [-0.39, 0.29) is 11.8 Å². The van der Waals surface area contributed by atoms with E-state index in [1.165, 1.54) is 10.0 Å². The molecule has 0 saturated heterocycles. The maximum atomic E-state index is 13.8. The molecule has 0 saturated carbocycles. The van der Waals surface area contributed by atoms with E-state index in [4.69, 9.17) is 4.74 Å². The van der Waals surface area contributed by atoms with Crippen molar-refractivity contribution in [1.29, 1.82) is 0 Å². The Bertz CT molecular complexity index is 1240. The van der Waals surface area contributed by atoms with Crippen LogP contribution in [-0.4, -0.2) is 29.8 Å². The molecule has 0 aromatic heterocycles. The Morgan fingerprint density at radius 3 is 1.58 bits per heavy atom. The number of carbonyl (C=O) groups is 2. The number of rotatable bonds is 7. The van der Waals surface area contributed by atoms with Gasteiger partial charge in [-0.25, -0.2) is 10.0 Å². The maximum absolute atomic E-state index is 13.8. The first-order valence-corrected chi connectivity index (χ1v) is 12.1. The molecule has 7 nitrogen and oxygen atoms in total. The summed E-state index contributed by atoms with van der Waals surface area (Å²) in [6.45, 7) is 6.20. The molecule has 0 aliphatic carbocycles. The maximum Gasteiger partial charge on any atom is 0.256 e. The molecule has 0 bridgehead atoms. The van der Waals surface area contributed by atoms with Crippen molar-refractivity contribution >= 4 is 34.6 Å². The molecule has 2 atom stereocenters. The molecule has 2 heterocycles. The van der Waals surface area contributed by atoms with Gasteiger partial charge in [-0.15, -0.1) is 0 Å². The van der Waals surface area contributed by atoms with Crippen molar-refractivity contribution in [2.45, 2.75) is 26.7 Å². The zero-order valence-corrected chi connectivity index (χ0v) is 20.5. The molecule has 2 aliphatic rings. The van der Waals surface area contributed by atoms with Crippen LogP contribution < -0.4 is 14.8 Å². The third-order valence-electron chi connectivity index (χ3n) is 6.66. The molecule has 0 fully saturated rings. The monoisotopic (exact) mass is 480 g/mol. The normalized spacial score (nSPS) is 19.7. The van der Waals surface area contributed by atoms with Gasteiger partial charge >= 0.3 is 0 Å². The second kappa shape index (κ2) is 9.77. The quantitative estimate of drug-likeness (QED) is 0.464. The van der Waals surface area contributed by atoms with Crippen LogP contribution in [-0.2, 0) is 9.59 Å². The Labute approximate surface area is 210 Å². The van der Waals surface area contributed by atoms with Crippen LogP contribution in [0.5, 0.6) is 5.75 Å². The molecule has 182 valence electrons. The molecule has 2 amide bonds. The van der Waals surface area contributed by atoms with E-state index < -0.39 is 17.8 Å². The fraction of sp³-hybridized carbons (Fsp3) is 0.241. The largest absolute Gasteiger partial charge is 0.494 e. The highest BCUT2D eigenvalue weighted by molar-refractivity contribution is 6.19. The number of anilines is 2. The topological polar surface area (TPSA) is 74.6 Å². The third-order valence-corrected chi connectivity index (χ3v) is 6.66. The summed E-state index contributed by atoms with van der Waals surface area (Å²) in [6.07, 6.45) is 0. The van der Waals surface area contributed by atoms with E-state index in [0.29, 0.717) is 29.4 Å². The summed E-state index contributed by atoms with van der Waals surface area (Å²) in [7, 11) is 0. The molecule has 0 radical (unpaired) electrons. The zero-order chi connectivity index (χ0) is 25.2. The van der Waals surface area contributed by atoms with Gasteiger partial charge in [0.15, 0.2) is 0 Å². The van der Waals surface area contributed by atoms with Crippen molar-refractivity contribution < 1.29 is 14.3 Å². The molecule has 0 spiro atoms. The second-order valence-electron chi connectivity index (χ2n) is 8.94. The first-order chi connectivity index (χ1) is 17.5. The minimum Gasteiger partial charge on any atom is -0.494 e. The number of hydrogen-bond acceptors (Lipinski definition) is 5. The molecule has 0 N–H and O–H groups in total. The van der Waals surface area contributed by atoms with Crippen LogP contribution in [0.1, 0.15) is 32.3 Å². The van der Waals surface area contributed by atoms with Crippen molar-refractivity contribution in [2.24, 2.45) is 22.0 Å². The molecular formula is C29H28N4O3. The predicted molar refractivity (Wildman–Crippen MR) is 141 cm³/mol. The van der Waals surface area contributed by atoms with Crippen molar-refractivity contribution in [3.63, 3.8) is 0 Å². The van der Waals surface area contributed by atoms with Crippen molar-refractivity contribution in [1.82, 2.24) is 0 Å². The fourth-order valence-electron chi connectivity index (χ4n) is 5.02. The Hall–Kier alpha value is -4.26. The summed E-state index contributed by atoms with van der Waals surface area (Å²) in [5.41, 5.74) is 3.60. The van der Waals surface area contributed by atoms with E-state index in [1.807, 2.05) is 106 Å². The van der Waals surface area contributed by atoms with E-state index in [1.54, 1.807) is 0 Å². The zero-order valence-electron chi connectivity index (χ0n) is 20.5. The van der Waals surface area contributed by atoms with Crippen LogP contribution >= 0.6 is 0 Å². The second-order valence-corrected chi connectivity index (χ2v) is 8.94. The lowest BCUT2D eigenvalue weighted by Crippen LogP contribution is -2.40. The van der Waals surface area contributed by atoms with Gasteiger partial charge in [-0.2, -0.15) is 10.2 Å². The minimum atomic E-state index is -0.613. The predicted octanol–water partition coefficient (Wildman–Crippen LogP) is 5.25. The molecule has 3 aromatic rings. The van der Waals surface area contributed by atoms with Gasteiger partial charge in [0.1, 0.15) is 5.75 Å². The molecule has 2 aliphatic heterocycles. The van der Waals surface area contributed by atoms with Gasteiger partial charge in [-0.05, 0) is 62.7 Å². The number of nitrogens with zero attached hydrogens (tertiary/aromatic N) is 4. The lowest BCUT2D eigenvalue weighted by Gasteiger charge is -2.28. The number of carbonyl (C=O) groups excluding carboxylic acids is 2. The lowest BCUT2D eigenvalue weighted by molar-refractivity contribution is -0.122. The van der Waals surface area contributed by atoms with E-state index in [0.717, 1.165) is 11.3 Å². The van der Waals surface area contributed by atoms with E-state index in [2.05, 4.69) is 10.2 Å². The fourth-order valence-corrected chi connectivity index (χ4v) is 5.02. The Morgan fingerprint density at radius 1 is 0.722 bits per heavy atom. The summed E-state index contributed by atoms with van der Waals surface area (Å²) in [4.78, 5) is 27.7. The van der Waals surface area contributed by atoms with Crippen LogP contribution in [0.4, 0.5) is 11.4 Å². The van der Waals surface area contributed by atoms with Crippen LogP contribution in [0.3, 0.4) is 0 Å². The van der Waals surface area contributed by atoms with E-state index in [9.17, 15) is 9.59 Å². The molecule has 0 unspecified atom stereocenters. The number of amides is 2. The van der Waals surface area contributed by atoms with Crippen LogP contribution in [0.15, 0.2) is 95.1 Å². The number of benzene rings is 3. The first-order valence-electron chi connectivity index (χ1n) is 12.1. The van der Waals surface area contributed by atoms with Crippen molar-refractivity contribution in [3.8, 4) is 5.75 Å². The SMILES string of the molecule is CCOc1ccc(C([C@@H]2C(=O)N(c3ccccc3)N=C2C)[C@@H]2C(=O)N(c3ccccc3)N=C2C)cc1. The van der Waals surface area contributed by atoms with E-state index >= 15 is 0 Å². The number of hydrogen-bond donors (Lipinski definition) is 0. The van der Waals surface area contributed by atoms with Crippen LogP contribution in [0.25, 0.3) is 0 Å². The number of hydrazone groups is 2. The van der Waals surface area contributed by atoms with Gasteiger partial charge in [0.25, 0.3) is 11.8 Å². The van der Waals surface area contributed by atoms with Gasteiger partial charge in [0.2, 0.25) is 0 Å². The molecule has 36 heavy (non-hydrogen) atoms. The van der Waals surface area contributed by atoms with Gasteiger partial charge in [-0.3, -0.25) is 9.59 Å². The average Bonchev–Trinajstić information content (AvgIpc) is 3.36. The number of ether oxygens (including phenoxy) is 1. The standard InChI is InChI=1S/C29H28N4O3/c1-4-36-24-17-15-21(16-18-24)27(25-19(2)30-32(28(25)34)22-11-7-5-8-12-22)26-20(3)31-33(29(26)35)23-13-9-6-10-14-23/h5-18,25-27H,4H2,1-3H3/t25-,26-/m1/s1. The first kappa shape index (κ1) is 23.5. The Kier molecular flexibility index (Phi) is 6.38. The smallest absolute Gasteiger partial charge is 0.256 e. The summed E-state index contributed by atoms with van der Waals surface area (Å²) >= 11 is 0. The molecule has 7 heteroatoms. The Morgan fingerprint density at radius 2 is 1.17 bits per heavy atom. The van der Waals surface area contributed by atoms with Gasteiger partial charge in [0.05, 0.1) is 29.8 Å². The average molecular weight is 481 g/mol. The lowest BCUT2D eigenvalue weighted by atomic mass is 9.73. The van der Waals surface area contributed by atoms with Crippen molar-refractivity contribution in [3.05, 3.63) is 90.5 Å². The van der Waals surface area contributed by atoms with Gasteiger partial charge in [-0.1, -0.05) is 48.5 Å². The Balaban J connectivity index is 1.56. The van der Waals surface area contributed by atoms with Gasteiger partial charge < -0.3 is 4.74 Å². The van der Waals surface area contributed by atoms with Crippen molar-refractivity contribution in [2.75, 3.05) is 16.6 Å². The molecule has 5 rings (SSSR count). The molecule has 3 aromatic carbocycles.